The summed E-state index contributed by atoms with van der Waals surface area (Å²) in [6.07, 6.45) is 0. The van der Waals surface area contributed by atoms with Crippen LogP contribution in [-0.4, -0.2) is 12.5 Å². The van der Waals surface area contributed by atoms with E-state index in [2.05, 4.69) is 21.2 Å². The molecule has 4 nitrogen and oxygen atoms in total. The van der Waals surface area contributed by atoms with Crippen LogP contribution in [0.4, 0.5) is 0 Å². The SMILES string of the molecule is N#Cc1cc(Br)ccc1OCC(=O)NCc1ccccc1. The van der Waals surface area contributed by atoms with Gasteiger partial charge in [0.05, 0.1) is 5.56 Å². The Labute approximate surface area is 131 Å². The summed E-state index contributed by atoms with van der Waals surface area (Å²) in [6.45, 7) is 0.331. The average molecular weight is 345 g/mol. The molecule has 0 aliphatic rings. The molecule has 5 heteroatoms. The zero-order valence-corrected chi connectivity index (χ0v) is 12.8. The fraction of sp³-hybridized carbons (Fsp3) is 0.125. The van der Waals surface area contributed by atoms with Crippen LogP contribution >= 0.6 is 15.9 Å². The van der Waals surface area contributed by atoms with Gasteiger partial charge in [-0.2, -0.15) is 5.26 Å². The van der Waals surface area contributed by atoms with E-state index in [0.29, 0.717) is 17.9 Å². The Morgan fingerprint density at radius 3 is 2.71 bits per heavy atom. The molecule has 1 amide bonds. The number of benzene rings is 2. The number of nitrogens with one attached hydrogen (secondary N) is 1. The molecular weight excluding hydrogens is 332 g/mol. The predicted octanol–water partition coefficient (Wildman–Crippen LogP) is 3.02. The van der Waals surface area contributed by atoms with Crippen LogP contribution in [0.3, 0.4) is 0 Å². The van der Waals surface area contributed by atoms with Crippen molar-refractivity contribution < 1.29 is 9.53 Å². The van der Waals surface area contributed by atoms with Gasteiger partial charge >= 0.3 is 0 Å². The summed E-state index contributed by atoms with van der Waals surface area (Å²) in [6, 6.07) is 16.7. The molecule has 21 heavy (non-hydrogen) atoms. The largest absolute Gasteiger partial charge is 0.482 e. The molecule has 0 radical (unpaired) electrons. The van der Waals surface area contributed by atoms with Gasteiger partial charge in [-0.3, -0.25) is 4.79 Å². The second-order valence-electron chi connectivity index (χ2n) is 4.30. The molecule has 0 atom stereocenters. The van der Waals surface area contributed by atoms with Gasteiger partial charge in [-0.15, -0.1) is 0 Å². The Morgan fingerprint density at radius 2 is 2.00 bits per heavy atom. The number of ether oxygens (including phenoxy) is 1. The number of rotatable bonds is 5. The minimum atomic E-state index is -0.231. The smallest absolute Gasteiger partial charge is 0.258 e. The number of hydrogen-bond donors (Lipinski definition) is 1. The van der Waals surface area contributed by atoms with E-state index in [4.69, 9.17) is 10.00 Å². The van der Waals surface area contributed by atoms with Gasteiger partial charge in [0, 0.05) is 11.0 Å². The van der Waals surface area contributed by atoms with Crippen molar-refractivity contribution in [2.24, 2.45) is 0 Å². The van der Waals surface area contributed by atoms with Crippen LogP contribution in [0.2, 0.25) is 0 Å². The van der Waals surface area contributed by atoms with Crippen LogP contribution in [0.15, 0.2) is 53.0 Å². The predicted molar refractivity (Wildman–Crippen MR) is 82.6 cm³/mol. The lowest BCUT2D eigenvalue weighted by Crippen LogP contribution is -2.28. The van der Waals surface area contributed by atoms with Gasteiger partial charge in [0.1, 0.15) is 11.8 Å². The molecule has 2 aromatic carbocycles. The maximum Gasteiger partial charge on any atom is 0.258 e. The monoisotopic (exact) mass is 344 g/mol. The summed E-state index contributed by atoms with van der Waals surface area (Å²) in [5, 5.41) is 11.8. The Bertz CT molecular complexity index is 666. The standard InChI is InChI=1S/C16H13BrN2O2/c17-14-6-7-15(13(8-14)9-18)21-11-16(20)19-10-12-4-2-1-3-5-12/h1-8H,10-11H2,(H,19,20). The van der Waals surface area contributed by atoms with Gasteiger partial charge in [-0.1, -0.05) is 46.3 Å². The summed E-state index contributed by atoms with van der Waals surface area (Å²) >= 11 is 3.28. The molecule has 0 saturated heterocycles. The maximum absolute atomic E-state index is 11.7. The second-order valence-corrected chi connectivity index (χ2v) is 5.22. The lowest BCUT2D eigenvalue weighted by atomic mass is 10.2. The fourth-order valence-corrected chi connectivity index (χ4v) is 2.07. The summed E-state index contributed by atoms with van der Waals surface area (Å²) in [4.78, 5) is 11.7. The third-order valence-corrected chi connectivity index (χ3v) is 3.25. The first-order valence-corrected chi connectivity index (χ1v) is 7.11. The summed E-state index contributed by atoms with van der Waals surface area (Å²) in [7, 11) is 0. The van der Waals surface area contributed by atoms with Gasteiger partial charge in [0.2, 0.25) is 0 Å². The minimum absolute atomic E-state index is 0.122. The molecule has 0 aliphatic heterocycles. The van der Waals surface area contributed by atoms with Gasteiger partial charge < -0.3 is 10.1 Å². The zero-order chi connectivity index (χ0) is 15.1. The third-order valence-electron chi connectivity index (χ3n) is 2.75. The highest BCUT2D eigenvalue weighted by molar-refractivity contribution is 9.10. The van der Waals surface area contributed by atoms with Gasteiger partial charge in [-0.25, -0.2) is 0 Å². The Balaban J connectivity index is 1.86. The van der Waals surface area contributed by atoms with E-state index < -0.39 is 0 Å². The highest BCUT2D eigenvalue weighted by atomic mass is 79.9. The molecule has 2 rings (SSSR count). The van der Waals surface area contributed by atoms with Crippen LogP contribution in [0, 0.1) is 11.3 Å². The molecule has 0 fully saturated rings. The van der Waals surface area contributed by atoms with E-state index >= 15 is 0 Å². The molecule has 0 bridgehead atoms. The number of carbonyl (C=O) groups is 1. The molecule has 0 unspecified atom stereocenters. The van der Waals surface area contributed by atoms with Crippen LogP contribution in [0.1, 0.15) is 11.1 Å². The molecule has 1 N–H and O–H groups in total. The van der Waals surface area contributed by atoms with Gasteiger partial charge in [0.25, 0.3) is 5.91 Å². The molecular formula is C16H13BrN2O2. The Morgan fingerprint density at radius 1 is 1.24 bits per heavy atom. The number of amides is 1. The van der Waals surface area contributed by atoms with Crippen LogP contribution in [0.5, 0.6) is 5.75 Å². The van der Waals surface area contributed by atoms with Crippen LogP contribution < -0.4 is 10.1 Å². The van der Waals surface area contributed by atoms with E-state index in [1.165, 1.54) is 0 Å². The summed E-state index contributed by atoms with van der Waals surface area (Å²) < 4.78 is 6.17. The third kappa shape index (κ3) is 4.62. The van der Waals surface area contributed by atoms with Crippen LogP contribution in [-0.2, 0) is 11.3 Å². The minimum Gasteiger partial charge on any atom is -0.482 e. The van der Waals surface area contributed by atoms with Crippen molar-refractivity contribution in [3.8, 4) is 11.8 Å². The number of halogens is 1. The molecule has 0 aliphatic carbocycles. The summed E-state index contributed by atoms with van der Waals surface area (Å²) in [5.74, 6) is 0.168. The van der Waals surface area contributed by atoms with Crippen molar-refractivity contribution in [1.29, 1.82) is 5.26 Å². The van der Waals surface area contributed by atoms with Gasteiger partial charge in [-0.05, 0) is 23.8 Å². The molecule has 0 spiro atoms. The molecule has 0 saturated carbocycles. The normalized spacial score (nSPS) is 9.71. The molecule has 0 aromatic heterocycles. The Hall–Kier alpha value is -2.32. The van der Waals surface area contributed by atoms with Crippen molar-refractivity contribution in [1.82, 2.24) is 5.32 Å². The highest BCUT2D eigenvalue weighted by Crippen LogP contribution is 2.22. The molecule has 0 heterocycles. The average Bonchev–Trinajstić information content (AvgIpc) is 2.52. The van der Waals surface area contributed by atoms with E-state index in [1.54, 1.807) is 18.2 Å². The Kier molecular flexibility index (Phi) is 5.35. The van der Waals surface area contributed by atoms with Crippen molar-refractivity contribution in [3.05, 3.63) is 64.1 Å². The first-order valence-electron chi connectivity index (χ1n) is 6.32. The quantitative estimate of drug-likeness (QED) is 0.906. The van der Waals surface area contributed by atoms with Crippen molar-refractivity contribution in [2.75, 3.05) is 6.61 Å². The van der Waals surface area contributed by atoms with E-state index in [1.807, 2.05) is 36.4 Å². The van der Waals surface area contributed by atoms with E-state index in [9.17, 15) is 4.79 Å². The van der Waals surface area contributed by atoms with Crippen molar-refractivity contribution >= 4 is 21.8 Å². The first kappa shape index (κ1) is 15.1. The van der Waals surface area contributed by atoms with Crippen molar-refractivity contribution in [3.63, 3.8) is 0 Å². The first-order chi connectivity index (χ1) is 10.2. The number of hydrogen-bond acceptors (Lipinski definition) is 3. The number of nitrogens with zero attached hydrogens (tertiary/aromatic N) is 1. The zero-order valence-electron chi connectivity index (χ0n) is 11.2. The van der Waals surface area contributed by atoms with Crippen molar-refractivity contribution in [2.45, 2.75) is 6.54 Å². The number of carbonyl (C=O) groups excluding carboxylic acids is 1. The second kappa shape index (κ2) is 7.46. The lowest BCUT2D eigenvalue weighted by molar-refractivity contribution is -0.123. The topological polar surface area (TPSA) is 62.1 Å². The fourth-order valence-electron chi connectivity index (χ4n) is 1.71. The van der Waals surface area contributed by atoms with Crippen LogP contribution in [0.25, 0.3) is 0 Å². The van der Waals surface area contributed by atoms with E-state index in [-0.39, 0.29) is 12.5 Å². The summed E-state index contributed by atoms with van der Waals surface area (Å²) in [5.41, 5.74) is 1.41. The molecule has 106 valence electrons. The maximum atomic E-state index is 11.7. The van der Waals surface area contributed by atoms with Gasteiger partial charge in [0.15, 0.2) is 6.61 Å². The number of nitriles is 1. The highest BCUT2D eigenvalue weighted by Gasteiger charge is 2.07. The molecule has 2 aromatic rings. The lowest BCUT2D eigenvalue weighted by Gasteiger charge is -2.09. The van der Waals surface area contributed by atoms with E-state index in [0.717, 1.165) is 10.0 Å².